The highest BCUT2D eigenvalue weighted by Gasteiger charge is 2.46. The first-order valence-corrected chi connectivity index (χ1v) is 10.2. The second kappa shape index (κ2) is 6.57. The van der Waals surface area contributed by atoms with Crippen molar-refractivity contribution in [2.24, 2.45) is 0 Å². The Morgan fingerprint density at radius 3 is 2.71 bits per heavy atom. The Bertz CT molecular complexity index is 665. The maximum Gasteiger partial charge on any atom is 0.322 e. The molecule has 1 aliphatic heterocycles. The lowest BCUT2D eigenvalue weighted by Gasteiger charge is -2.26. The fourth-order valence-corrected chi connectivity index (χ4v) is 7.14. The molecule has 0 radical (unpaired) electrons. The van der Waals surface area contributed by atoms with Crippen molar-refractivity contribution in [1.29, 1.82) is 0 Å². The molecule has 1 saturated heterocycles. The number of nitrogens with zero attached hydrogens (tertiary/aromatic N) is 1. The summed E-state index contributed by atoms with van der Waals surface area (Å²) >= 11 is 7.84. The highest BCUT2D eigenvalue weighted by molar-refractivity contribution is 9.11. The number of benzene rings is 1. The van der Waals surface area contributed by atoms with Gasteiger partial charge in [0.2, 0.25) is 10.0 Å². The summed E-state index contributed by atoms with van der Waals surface area (Å²) in [4.78, 5) is 11.4. The molecule has 0 aliphatic carbocycles. The highest BCUT2D eigenvalue weighted by Crippen LogP contribution is 2.38. The first-order valence-electron chi connectivity index (χ1n) is 6.12. The SMILES string of the molecule is CCC1SCC(C(=O)O)N1S(=O)(=O)c1cc(Br)ccc1Br. The van der Waals surface area contributed by atoms with Crippen LogP contribution in [0, 0.1) is 0 Å². The van der Waals surface area contributed by atoms with Crippen molar-refractivity contribution in [2.75, 3.05) is 5.75 Å². The molecule has 116 valence electrons. The van der Waals surface area contributed by atoms with Crippen LogP contribution in [0.25, 0.3) is 0 Å². The summed E-state index contributed by atoms with van der Waals surface area (Å²) in [5.41, 5.74) is 0. The number of thioether (sulfide) groups is 1. The van der Waals surface area contributed by atoms with Crippen LogP contribution in [0.15, 0.2) is 32.0 Å². The number of rotatable bonds is 4. The second-order valence-electron chi connectivity index (χ2n) is 4.46. The number of carbonyl (C=O) groups is 1. The van der Waals surface area contributed by atoms with Crippen LogP contribution in [-0.2, 0) is 14.8 Å². The van der Waals surface area contributed by atoms with Crippen LogP contribution in [0.3, 0.4) is 0 Å². The Morgan fingerprint density at radius 2 is 2.14 bits per heavy atom. The van der Waals surface area contributed by atoms with Gasteiger partial charge in [-0.3, -0.25) is 4.79 Å². The molecule has 0 amide bonds. The molecule has 0 saturated carbocycles. The van der Waals surface area contributed by atoms with E-state index in [1.54, 1.807) is 12.1 Å². The van der Waals surface area contributed by atoms with Crippen LogP contribution in [0.2, 0.25) is 0 Å². The summed E-state index contributed by atoms with van der Waals surface area (Å²) < 4.78 is 27.9. The molecule has 5 nitrogen and oxygen atoms in total. The van der Waals surface area contributed by atoms with Crippen LogP contribution in [0.5, 0.6) is 0 Å². The average molecular weight is 459 g/mol. The lowest BCUT2D eigenvalue weighted by Crippen LogP contribution is -2.45. The molecule has 1 aromatic carbocycles. The smallest absolute Gasteiger partial charge is 0.322 e. The number of carboxylic acids is 1. The van der Waals surface area contributed by atoms with Gasteiger partial charge in [0.1, 0.15) is 6.04 Å². The van der Waals surface area contributed by atoms with Gasteiger partial charge in [-0.2, -0.15) is 4.31 Å². The Kier molecular flexibility index (Phi) is 5.40. The number of hydrogen-bond acceptors (Lipinski definition) is 4. The minimum Gasteiger partial charge on any atom is -0.480 e. The van der Waals surface area contributed by atoms with E-state index in [9.17, 15) is 18.3 Å². The Hall–Kier alpha value is -0.0900. The predicted octanol–water partition coefficient (Wildman–Crippen LogP) is 3.14. The van der Waals surface area contributed by atoms with Gasteiger partial charge < -0.3 is 5.11 Å². The van der Waals surface area contributed by atoms with Crippen molar-refractivity contribution < 1.29 is 18.3 Å². The van der Waals surface area contributed by atoms with Gasteiger partial charge in [-0.1, -0.05) is 22.9 Å². The molecule has 2 unspecified atom stereocenters. The normalized spacial score (nSPS) is 23.4. The lowest BCUT2D eigenvalue weighted by atomic mass is 10.3. The van der Waals surface area contributed by atoms with Crippen LogP contribution in [0.1, 0.15) is 13.3 Å². The van der Waals surface area contributed by atoms with Gasteiger partial charge in [0.25, 0.3) is 0 Å². The van der Waals surface area contributed by atoms with Crippen molar-refractivity contribution >= 4 is 59.6 Å². The van der Waals surface area contributed by atoms with E-state index in [2.05, 4.69) is 31.9 Å². The molecule has 1 aromatic rings. The maximum absolute atomic E-state index is 12.9. The second-order valence-corrected chi connectivity index (χ2v) is 9.25. The zero-order chi connectivity index (χ0) is 15.8. The van der Waals surface area contributed by atoms with Gasteiger partial charge in [-0.15, -0.1) is 11.8 Å². The third kappa shape index (κ3) is 3.31. The monoisotopic (exact) mass is 457 g/mol. The van der Waals surface area contributed by atoms with E-state index < -0.39 is 22.0 Å². The molecule has 21 heavy (non-hydrogen) atoms. The molecule has 9 heteroatoms. The largest absolute Gasteiger partial charge is 0.480 e. The van der Waals surface area contributed by atoms with Crippen molar-refractivity contribution in [1.82, 2.24) is 4.31 Å². The van der Waals surface area contributed by atoms with Crippen molar-refractivity contribution in [3.63, 3.8) is 0 Å². The molecule has 0 aromatic heterocycles. The minimum absolute atomic E-state index is 0.0732. The summed E-state index contributed by atoms with van der Waals surface area (Å²) in [5, 5.41) is 8.93. The molecule has 0 bridgehead atoms. The summed E-state index contributed by atoms with van der Waals surface area (Å²) in [6.07, 6.45) is 0.555. The topological polar surface area (TPSA) is 74.7 Å². The summed E-state index contributed by atoms with van der Waals surface area (Å²) in [7, 11) is -3.89. The summed E-state index contributed by atoms with van der Waals surface area (Å²) in [6, 6.07) is 3.79. The highest BCUT2D eigenvalue weighted by atomic mass is 79.9. The fourth-order valence-electron chi connectivity index (χ4n) is 2.14. The number of carboxylic acid groups (broad SMARTS) is 1. The van der Waals surface area contributed by atoms with Gasteiger partial charge in [0.15, 0.2) is 0 Å². The van der Waals surface area contributed by atoms with E-state index in [4.69, 9.17) is 0 Å². The van der Waals surface area contributed by atoms with Crippen LogP contribution in [0.4, 0.5) is 0 Å². The van der Waals surface area contributed by atoms with E-state index >= 15 is 0 Å². The van der Waals surface area contributed by atoms with Crippen molar-refractivity contribution in [3.05, 3.63) is 27.1 Å². The van der Waals surface area contributed by atoms with E-state index in [-0.39, 0.29) is 16.0 Å². The molecule has 2 rings (SSSR count). The van der Waals surface area contributed by atoms with Gasteiger partial charge in [0.05, 0.1) is 10.3 Å². The Labute approximate surface area is 144 Å². The fraction of sp³-hybridized carbons (Fsp3) is 0.417. The van der Waals surface area contributed by atoms with Gasteiger partial charge >= 0.3 is 5.97 Å². The van der Waals surface area contributed by atoms with E-state index in [1.165, 1.54) is 17.8 Å². The average Bonchev–Trinajstić information content (AvgIpc) is 2.86. The molecule has 1 N–H and O–H groups in total. The maximum atomic E-state index is 12.9. The number of hydrogen-bond donors (Lipinski definition) is 1. The minimum atomic E-state index is -3.89. The lowest BCUT2D eigenvalue weighted by molar-refractivity contribution is -0.140. The summed E-state index contributed by atoms with van der Waals surface area (Å²) in [6.45, 7) is 1.85. The van der Waals surface area contributed by atoms with E-state index in [0.29, 0.717) is 15.4 Å². The molecule has 2 atom stereocenters. The summed E-state index contributed by atoms with van der Waals surface area (Å²) in [5.74, 6) is -0.855. The standard InChI is InChI=1S/C12H13Br2NO4S2/c1-2-11-15(9(6-20-11)12(16)17)21(18,19)10-5-7(13)3-4-8(10)14/h3-5,9,11H,2,6H2,1H3,(H,16,17). The predicted molar refractivity (Wildman–Crippen MR) is 88.8 cm³/mol. The first-order chi connectivity index (χ1) is 9.78. The molecule has 1 heterocycles. The molecule has 1 aliphatic rings. The first kappa shape index (κ1) is 17.3. The van der Waals surface area contributed by atoms with Crippen molar-refractivity contribution in [2.45, 2.75) is 29.7 Å². The van der Waals surface area contributed by atoms with Crippen LogP contribution < -0.4 is 0 Å². The van der Waals surface area contributed by atoms with Crippen LogP contribution in [-0.4, -0.2) is 41.0 Å². The van der Waals surface area contributed by atoms with Crippen molar-refractivity contribution in [3.8, 4) is 0 Å². The quantitative estimate of drug-likeness (QED) is 0.750. The zero-order valence-corrected chi connectivity index (χ0v) is 15.8. The Morgan fingerprint density at radius 1 is 1.48 bits per heavy atom. The van der Waals surface area contributed by atoms with Crippen LogP contribution >= 0.6 is 43.6 Å². The van der Waals surface area contributed by atoms with E-state index in [1.807, 2.05) is 6.92 Å². The third-order valence-corrected chi connectivity index (χ3v) is 8.11. The number of sulfonamides is 1. The molecular weight excluding hydrogens is 446 g/mol. The van der Waals surface area contributed by atoms with Gasteiger partial charge in [-0.25, -0.2) is 8.42 Å². The van der Waals surface area contributed by atoms with Gasteiger partial charge in [0, 0.05) is 14.7 Å². The Balaban J connectivity index is 2.54. The third-order valence-electron chi connectivity index (χ3n) is 3.12. The number of halogens is 2. The van der Waals surface area contributed by atoms with Gasteiger partial charge in [-0.05, 0) is 40.5 Å². The molecule has 1 fully saturated rings. The van der Waals surface area contributed by atoms with E-state index in [0.717, 1.165) is 4.31 Å². The zero-order valence-electron chi connectivity index (χ0n) is 11.0. The molecular formula is C12H13Br2NO4S2. The molecule has 0 spiro atoms. The number of aliphatic carboxylic acids is 1.